The number of imidazole rings is 1. The number of primary amides is 1. The van der Waals surface area contributed by atoms with Crippen molar-refractivity contribution in [1.82, 2.24) is 19.5 Å². The molecule has 13 heteroatoms. The van der Waals surface area contributed by atoms with Crippen molar-refractivity contribution in [2.24, 2.45) is 11.7 Å². The molecule has 2 aliphatic rings. The highest BCUT2D eigenvalue weighted by Crippen LogP contribution is 2.38. The summed E-state index contributed by atoms with van der Waals surface area (Å²) in [5.41, 5.74) is 5.43. The van der Waals surface area contributed by atoms with Gasteiger partial charge < -0.3 is 16.4 Å². The molecule has 0 saturated heterocycles. The molecule has 2 heterocycles. The molecule has 4 N–H and O–H groups in total. The highest BCUT2D eigenvalue weighted by atomic mass is 19.3. The number of benzene rings is 1. The fraction of sp³-hybridized carbons (Fsp3) is 0.500. The number of carbonyl (C=O) groups excluding carboxylic acids is 1. The first-order valence-electron chi connectivity index (χ1n) is 12.2. The third-order valence-corrected chi connectivity index (χ3v) is 7.23. The van der Waals surface area contributed by atoms with E-state index < -0.39 is 29.1 Å². The largest absolute Gasteiger partial charge is 0.369 e. The lowest BCUT2D eigenvalue weighted by molar-refractivity contribution is -0.122. The molecular formula is C24H26F5N7O. The normalized spacial score (nSPS) is 22.2. The summed E-state index contributed by atoms with van der Waals surface area (Å²) in [4.78, 5) is 24.9. The van der Waals surface area contributed by atoms with Gasteiger partial charge in [-0.3, -0.25) is 9.36 Å². The van der Waals surface area contributed by atoms with Crippen molar-refractivity contribution in [2.45, 2.75) is 69.4 Å². The standard InChI is InChI=1S/C24H26F5N7O/c25-15-5-6-16(26)19(18(15)27)34-23-33-17-11-31-22(32-13-7-9-24(28,29)10-8-13)35-21(17)36(23)14-3-1-12(2-4-14)20(30)37/h5-6,11-14H,1-4,7-10H2,(H2,30,37)(H,33,34)(H,31,32,35)/t12-,14-. The van der Waals surface area contributed by atoms with Gasteiger partial charge in [0.05, 0.1) is 6.20 Å². The smallest absolute Gasteiger partial charge is 0.248 e. The van der Waals surface area contributed by atoms with Crippen LogP contribution >= 0.6 is 0 Å². The fourth-order valence-electron chi connectivity index (χ4n) is 5.13. The Morgan fingerprint density at radius 2 is 1.68 bits per heavy atom. The van der Waals surface area contributed by atoms with Crippen molar-refractivity contribution in [2.75, 3.05) is 10.6 Å². The number of hydrogen-bond donors (Lipinski definition) is 3. The number of halogens is 5. The van der Waals surface area contributed by atoms with Gasteiger partial charge in [0.25, 0.3) is 0 Å². The van der Waals surface area contributed by atoms with Crippen molar-refractivity contribution in [3.63, 3.8) is 0 Å². The lowest BCUT2D eigenvalue weighted by atomic mass is 9.85. The molecule has 0 atom stereocenters. The minimum absolute atomic E-state index is 0.0321. The van der Waals surface area contributed by atoms with Crippen LogP contribution in [0.1, 0.15) is 57.4 Å². The van der Waals surface area contributed by atoms with Crippen LogP contribution in [0.3, 0.4) is 0 Å². The molecule has 0 spiro atoms. The van der Waals surface area contributed by atoms with Crippen LogP contribution in [0.25, 0.3) is 11.2 Å². The number of alkyl halides is 2. The zero-order valence-corrected chi connectivity index (χ0v) is 19.8. The predicted molar refractivity (Wildman–Crippen MR) is 126 cm³/mol. The minimum atomic E-state index is -2.67. The average Bonchev–Trinajstić information content (AvgIpc) is 3.23. The lowest BCUT2D eigenvalue weighted by Crippen LogP contribution is -2.32. The predicted octanol–water partition coefficient (Wildman–Crippen LogP) is 5.19. The van der Waals surface area contributed by atoms with Gasteiger partial charge in [-0.05, 0) is 50.7 Å². The summed E-state index contributed by atoms with van der Waals surface area (Å²) in [7, 11) is 0. The van der Waals surface area contributed by atoms with Crippen molar-refractivity contribution in [1.29, 1.82) is 0 Å². The van der Waals surface area contributed by atoms with Crippen molar-refractivity contribution >= 4 is 34.7 Å². The average molecular weight is 524 g/mol. The number of anilines is 3. The molecule has 5 rings (SSSR count). The first kappa shape index (κ1) is 25.2. The number of nitrogens with zero attached hydrogens (tertiary/aromatic N) is 4. The Bertz CT molecular complexity index is 1310. The lowest BCUT2D eigenvalue weighted by Gasteiger charge is -2.29. The monoisotopic (exact) mass is 523 g/mol. The molecule has 37 heavy (non-hydrogen) atoms. The molecule has 1 aromatic carbocycles. The summed E-state index contributed by atoms with van der Waals surface area (Å²) < 4.78 is 71.4. The van der Waals surface area contributed by atoms with Crippen LogP contribution in [-0.2, 0) is 4.79 Å². The Morgan fingerprint density at radius 1 is 1.00 bits per heavy atom. The molecule has 2 saturated carbocycles. The van der Waals surface area contributed by atoms with E-state index in [-0.39, 0.29) is 61.5 Å². The highest BCUT2D eigenvalue weighted by Gasteiger charge is 2.35. The van der Waals surface area contributed by atoms with E-state index in [1.54, 1.807) is 4.57 Å². The van der Waals surface area contributed by atoms with Crippen LogP contribution in [-0.4, -0.2) is 37.4 Å². The second-order valence-corrected chi connectivity index (χ2v) is 9.73. The van der Waals surface area contributed by atoms with Crippen molar-refractivity contribution < 1.29 is 26.7 Å². The number of amides is 1. The second kappa shape index (κ2) is 9.75. The summed E-state index contributed by atoms with van der Waals surface area (Å²) in [5, 5.41) is 5.68. The zero-order valence-electron chi connectivity index (χ0n) is 19.8. The number of carbonyl (C=O) groups is 1. The number of nitrogens with one attached hydrogen (secondary N) is 2. The molecule has 2 aromatic heterocycles. The van der Waals surface area contributed by atoms with Crippen molar-refractivity contribution in [3.05, 3.63) is 35.8 Å². The van der Waals surface area contributed by atoms with Crippen LogP contribution < -0.4 is 16.4 Å². The maximum absolute atomic E-state index is 14.4. The molecule has 2 fully saturated rings. The second-order valence-electron chi connectivity index (χ2n) is 9.73. The molecular weight excluding hydrogens is 497 g/mol. The summed E-state index contributed by atoms with van der Waals surface area (Å²) in [5.74, 6) is -6.71. The van der Waals surface area contributed by atoms with Gasteiger partial charge in [0.2, 0.25) is 23.7 Å². The van der Waals surface area contributed by atoms with E-state index in [0.717, 1.165) is 6.07 Å². The topological polar surface area (TPSA) is 111 Å². The van der Waals surface area contributed by atoms with Crippen LogP contribution in [0, 0.1) is 23.4 Å². The third-order valence-electron chi connectivity index (χ3n) is 7.23. The van der Waals surface area contributed by atoms with Gasteiger partial charge in [-0.25, -0.2) is 31.9 Å². The molecule has 0 bridgehead atoms. The van der Waals surface area contributed by atoms with E-state index in [1.165, 1.54) is 6.20 Å². The van der Waals surface area contributed by atoms with Crippen LogP contribution in [0.5, 0.6) is 0 Å². The fourth-order valence-corrected chi connectivity index (χ4v) is 5.13. The van der Waals surface area contributed by atoms with E-state index in [2.05, 4.69) is 25.6 Å². The molecule has 8 nitrogen and oxygen atoms in total. The summed E-state index contributed by atoms with van der Waals surface area (Å²) in [6, 6.07) is 1.02. The Morgan fingerprint density at radius 3 is 2.35 bits per heavy atom. The van der Waals surface area contributed by atoms with Crippen LogP contribution in [0.2, 0.25) is 0 Å². The maximum Gasteiger partial charge on any atom is 0.248 e. The Labute approximate surface area is 208 Å². The Balaban J connectivity index is 1.50. The highest BCUT2D eigenvalue weighted by molar-refractivity contribution is 5.78. The Hall–Kier alpha value is -3.51. The maximum atomic E-state index is 14.4. The van der Waals surface area contributed by atoms with Gasteiger partial charge >= 0.3 is 0 Å². The number of fused-ring (bicyclic) bond motifs is 1. The zero-order chi connectivity index (χ0) is 26.3. The van der Waals surface area contributed by atoms with E-state index in [4.69, 9.17) is 5.73 Å². The van der Waals surface area contributed by atoms with Gasteiger partial charge in [-0.15, -0.1) is 0 Å². The van der Waals surface area contributed by atoms with E-state index in [9.17, 15) is 26.7 Å². The molecule has 2 aliphatic carbocycles. The van der Waals surface area contributed by atoms with Crippen LogP contribution in [0.15, 0.2) is 18.3 Å². The number of hydrogen-bond acceptors (Lipinski definition) is 6. The first-order chi connectivity index (χ1) is 17.6. The minimum Gasteiger partial charge on any atom is -0.369 e. The summed E-state index contributed by atoms with van der Waals surface area (Å²) >= 11 is 0. The summed E-state index contributed by atoms with van der Waals surface area (Å²) in [6.07, 6.45) is 3.54. The molecule has 0 unspecified atom stereocenters. The summed E-state index contributed by atoms with van der Waals surface area (Å²) in [6.45, 7) is 0. The molecule has 3 aromatic rings. The van der Waals surface area contributed by atoms with Crippen molar-refractivity contribution in [3.8, 4) is 0 Å². The van der Waals surface area contributed by atoms with Gasteiger partial charge in [-0.1, -0.05) is 0 Å². The number of nitrogens with two attached hydrogens (primary N) is 1. The molecule has 198 valence electrons. The van der Waals surface area contributed by atoms with E-state index in [0.29, 0.717) is 42.9 Å². The van der Waals surface area contributed by atoms with E-state index >= 15 is 0 Å². The van der Waals surface area contributed by atoms with Gasteiger partial charge in [0.1, 0.15) is 17.0 Å². The quantitative estimate of drug-likeness (QED) is 0.303. The number of aromatic nitrogens is 4. The molecule has 0 aliphatic heterocycles. The number of rotatable bonds is 6. The molecule has 0 radical (unpaired) electrons. The molecule has 1 amide bonds. The van der Waals surface area contributed by atoms with E-state index in [1.807, 2.05) is 0 Å². The first-order valence-corrected chi connectivity index (χ1v) is 12.2. The SMILES string of the molecule is NC(=O)[C@H]1CC[C@H](n2c(Nc3c(F)ccc(F)c3F)nc3cnc(NC4CCC(F)(F)CC4)nc32)CC1. The Kier molecular flexibility index (Phi) is 6.63. The van der Waals surface area contributed by atoms with Gasteiger partial charge in [0.15, 0.2) is 17.3 Å². The van der Waals surface area contributed by atoms with Crippen LogP contribution in [0.4, 0.5) is 39.5 Å². The van der Waals surface area contributed by atoms with Gasteiger partial charge in [-0.2, -0.15) is 4.98 Å². The van der Waals surface area contributed by atoms with Gasteiger partial charge in [0, 0.05) is 30.8 Å². The third kappa shape index (κ3) is 5.16.